The Balaban J connectivity index is 1.70. The Bertz CT molecular complexity index is 904. The number of benzene rings is 2. The molecule has 1 atom stereocenters. The first kappa shape index (κ1) is 24.8. The lowest BCUT2D eigenvalue weighted by molar-refractivity contribution is -0.141. The zero-order valence-corrected chi connectivity index (χ0v) is 20.3. The third-order valence-electron chi connectivity index (χ3n) is 6.66. The monoisotopic (exact) mass is 450 g/mol. The smallest absolute Gasteiger partial charge is 0.242 e. The van der Waals surface area contributed by atoms with E-state index in [1.807, 2.05) is 31.2 Å². The van der Waals surface area contributed by atoms with Crippen molar-refractivity contribution in [2.45, 2.75) is 83.8 Å². The van der Waals surface area contributed by atoms with Crippen LogP contribution in [0.4, 0.5) is 0 Å². The Morgan fingerprint density at radius 1 is 1.03 bits per heavy atom. The SMILES string of the molecule is CCc1ccc(CCC(=O)N(Cc2cccc(OC)c2)C(C)C(=O)NC2CCCCC2)cc1. The van der Waals surface area contributed by atoms with E-state index >= 15 is 0 Å². The minimum absolute atomic E-state index is 0.0105. The minimum atomic E-state index is -0.534. The van der Waals surface area contributed by atoms with E-state index in [1.165, 1.54) is 12.0 Å². The Labute approximate surface area is 198 Å². The molecule has 33 heavy (non-hydrogen) atoms. The van der Waals surface area contributed by atoms with Gasteiger partial charge in [0.2, 0.25) is 11.8 Å². The van der Waals surface area contributed by atoms with Crippen LogP contribution in [-0.2, 0) is 29.0 Å². The molecule has 2 aromatic carbocycles. The lowest BCUT2D eigenvalue weighted by Crippen LogP contribution is -2.50. The van der Waals surface area contributed by atoms with Crippen LogP contribution in [0.25, 0.3) is 0 Å². The Kier molecular flexibility index (Phi) is 9.35. The molecular formula is C28H38N2O3. The predicted molar refractivity (Wildman–Crippen MR) is 132 cm³/mol. The Hall–Kier alpha value is -2.82. The van der Waals surface area contributed by atoms with Crippen LogP contribution in [0.2, 0.25) is 0 Å². The highest BCUT2D eigenvalue weighted by Gasteiger charge is 2.28. The van der Waals surface area contributed by atoms with Crippen LogP contribution in [0.3, 0.4) is 0 Å². The predicted octanol–water partition coefficient (Wildman–Crippen LogP) is 5.06. The summed E-state index contributed by atoms with van der Waals surface area (Å²) in [5.74, 6) is 0.671. The van der Waals surface area contributed by atoms with Gasteiger partial charge >= 0.3 is 0 Å². The number of methoxy groups -OCH3 is 1. The molecule has 1 fully saturated rings. The van der Waals surface area contributed by atoms with Crippen LogP contribution in [0.1, 0.15) is 69.1 Å². The first-order valence-corrected chi connectivity index (χ1v) is 12.3. The van der Waals surface area contributed by atoms with Gasteiger partial charge in [0.1, 0.15) is 11.8 Å². The van der Waals surface area contributed by atoms with E-state index in [0.717, 1.165) is 49.0 Å². The summed E-state index contributed by atoms with van der Waals surface area (Å²) in [6.45, 7) is 4.35. The number of carbonyl (C=O) groups excluding carboxylic acids is 2. The van der Waals surface area contributed by atoms with E-state index in [0.29, 0.717) is 19.4 Å². The quantitative estimate of drug-likeness (QED) is 0.551. The number of amides is 2. The van der Waals surface area contributed by atoms with E-state index in [4.69, 9.17) is 4.74 Å². The molecule has 2 amide bonds. The van der Waals surface area contributed by atoms with Crippen LogP contribution in [-0.4, -0.2) is 35.9 Å². The van der Waals surface area contributed by atoms with Gasteiger partial charge in [-0.2, -0.15) is 0 Å². The topological polar surface area (TPSA) is 58.6 Å². The molecule has 2 aromatic rings. The molecule has 0 bridgehead atoms. The average molecular weight is 451 g/mol. The molecule has 1 saturated carbocycles. The fourth-order valence-corrected chi connectivity index (χ4v) is 4.46. The number of carbonyl (C=O) groups is 2. The summed E-state index contributed by atoms with van der Waals surface area (Å²) in [5.41, 5.74) is 3.38. The maximum Gasteiger partial charge on any atom is 0.242 e. The highest BCUT2D eigenvalue weighted by Crippen LogP contribution is 2.20. The second-order valence-electron chi connectivity index (χ2n) is 9.06. The molecule has 0 spiro atoms. The van der Waals surface area contributed by atoms with Crippen molar-refractivity contribution in [2.75, 3.05) is 7.11 Å². The van der Waals surface area contributed by atoms with Crippen molar-refractivity contribution >= 4 is 11.8 Å². The number of ether oxygens (including phenoxy) is 1. The molecule has 0 heterocycles. The van der Waals surface area contributed by atoms with Crippen molar-refractivity contribution in [2.24, 2.45) is 0 Å². The number of nitrogens with zero attached hydrogens (tertiary/aromatic N) is 1. The fraction of sp³-hybridized carbons (Fsp3) is 0.500. The van der Waals surface area contributed by atoms with Gasteiger partial charge in [-0.15, -0.1) is 0 Å². The molecule has 1 aliphatic rings. The van der Waals surface area contributed by atoms with Gasteiger partial charge in [0, 0.05) is 19.0 Å². The maximum atomic E-state index is 13.4. The first-order valence-electron chi connectivity index (χ1n) is 12.3. The molecular weight excluding hydrogens is 412 g/mol. The molecule has 5 nitrogen and oxygen atoms in total. The van der Waals surface area contributed by atoms with Crippen LogP contribution in [0.15, 0.2) is 48.5 Å². The first-order chi connectivity index (χ1) is 16.0. The number of rotatable bonds is 10. The standard InChI is InChI=1S/C28H38N2O3/c1-4-22-13-15-23(16-14-22)17-18-27(31)30(20-24-9-8-12-26(19-24)33-3)21(2)28(32)29-25-10-6-5-7-11-25/h8-9,12-16,19,21,25H,4-7,10-11,17-18,20H2,1-3H3,(H,29,32). The van der Waals surface area contributed by atoms with Crippen LogP contribution in [0.5, 0.6) is 5.75 Å². The fourth-order valence-electron chi connectivity index (χ4n) is 4.46. The molecule has 0 aromatic heterocycles. The molecule has 1 N–H and O–H groups in total. The molecule has 1 unspecified atom stereocenters. The maximum absolute atomic E-state index is 13.4. The largest absolute Gasteiger partial charge is 0.497 e. The van der Waals surface area contributed by atoms with Gasteiger partial charge in [0.25, 0.3) is 0 Å². The van der Waals surface area contributed by atoms with Crippen LogP contribution >= 0.6 is 0 Å². The van der Waals surface area contributed by atoms with Gasteiger partial charge in [0.15, 0.2) is 0 Å². The highest BCUT2D eigenvalue weighted by atomic mass is 16.5. The molecule has 178 valence electrons. The minimum Gasteiger partial charge on any atom is -0.497 e. The molecule has 0 aliphatic heterocycles. The molecule has 3 rings (SSSR count). The molecule has 0 saturated heterocycles. The summed E-state index contributed by atoms with van der Waals surface area (Å²) < 4.78 is 5.35. The van der Waals surface area contributed by atoms with Gasteiger partial charge in [-0.3, -0.25) is 9.59 Å². The zero-order valence-electron chi connectivity index (χ0n) is 20.3. The summed E-state index contributed by atoms with van der Waals surface area (Å²) in [4.78, 5) is 28.2. The van der Waals surface area contributed by atoms with Gasteiger partial charge in [-0.1, -0.05) is 62.6 Å². The van der Waals surface area contributed by atoms with Gasteiger partial charge in [0.05, 0.1) is 7.11 Å². The second kappa shape index (κ2) is 12.4. The van der Waals surface area contributed by atoms with Crippen molar-refractivity contribution in [1.29, 1.82) is 0 Å². The normalized spacial score (nSPS) is 15.0. The van der Waals surface area contributed by atoms with Crippen molar-refractivity contribution < 1.29 is 14.3 Å². The summed E-state index contributed by atoms with van der Waals surface area (Å²) >= 11 is 0. The summed E-state index contributed by atoms with van der Waals surface area (Å²) in [6.07, 6.45) is 7.63. The van der Waals surface area contributed by atoms with Crippen molar-refractivity contribution in [3.05, 3.63) is 65.2 Å². The van der Waals surface area contributed by atoms with Crippen LogP contribution < -0.4 is 10.1 Å². The molecule has 1 aliphatic carbocycles. The van der Waals surface area contributed by atoms with Crippen molar-refractivity contribution in [3.63, 3.8) is 0 Å². The van der Waals surface area contributed by atoms with Gasteiger partial charge in [-0.25, -0.2) is 0 Å². The summed E-state index contributed by atoms with van der Waals surface area (Å²) in [5, 5.41) is 3.19. The second-order valence-corrected chi connectivity index (χ2v) is 9.06. The third-order valence-corrected chi connectivity index (χ3v) is 6.66. The number of nitrogens with one attached hydrogen (secondary N) is 1. The van der Waals surface area contributed by atoms with E-state index in [1.54, 1.807) is 12.0 Å². The van der Waals surface area contributed by atoms with E-state index in [2.05, 4.69) is 36.5 Å². The van der Waals surface area contributed by atoms with E-state index in [9.17, 15) is 9.59 Å². The molecule has 5 heteroatoms. The van der Waals surface area contributed by atoms with Crippen molar-refractivity contribution in [1.82, 2.24) is 10.2 Å². The van der Waals surface area contributed by atoms with E-state index in [-0.39, 0.29) is 17.9 Å². The van der Waals surface area contributed by atoms with Gasteiger partial charge < -0.3 is 15.0 Å². The number of aryl methyl sites for hydroxylation is 2. The Morgan fingerprint density at radius 2 is 1.73 bits per heavy atom. The van der Waals surface area contributed by atoms with Gasteiger partial charge in [-0.05, 0) is 61.4 Å². The zero-order chi connectivity index (χ0) is 23.6. The lowest BCUT2D eigenvalue weighted by Gasteiger charge is -2.31. The third kappa shape index (κ3) is 7.34. The lowest BCUT2D eigenvalue weighted by atomic mass is 9.95. The highest BCUT2D eigenvalue weighted by molar-refractivity contribution is 5.87. The summed E-state index contributed by atoms with van der Waals surface area (Å²) in [6, 6.07) is 15.8. The Morgan fingerprint density at radius 3 is 2.39 bits per heavy atom. The van der Waals surface area contributed by atoms with Crippen molar-refractivity contribution in [3.8, 4) is 5.75 Å². The number of hydrogen-bond donors (Lipinski definition) is 1. The van der Waals surface area contributed by atoms with Crippen LogP contribution in [0, 0.1) is 0 Å². The number of hydrogen-bond acceptors (Lipinski definition) is 3. The molecule has 0 radical (unpaired) electrons. The average Bonchev–Trinajstić information content (AvgIpc) is 2.86. The van der Waals surface area contributed by atoms with E-state index < -0.39 is 6.04 Å². The summed E-state index contributed by atoms with van der Waals surface area (Å²) in [7, 11) is 1.63.